The third-order valence-electron chi connectivity index (χ3n) is 5.24. The monoisotopic (exact) mass is 509 g/mol. The summed E-state index contributed by atoms with van der Waals surface area (Å²) in [5.41, 5.74) is 0.931. The number of fused-ring (bicyclic) bond motifs is 2. The Bertz CT molecular complexity index is 1590. The lowest BCUT2D eigenvalue weighted by Crippen LogP contribution is -2.33. The molecule has 0 radical (unpaired) electrons. The number of anilines is 1. The van der Waals surface area contributed by atoms with Crippen molar-refractivity contribution in [3.63, 3.8) is 0 Å². The summed E-state index contributed by atoms with van der Waals surface area (Å²) in [5, 5.41) is 14.3. The quantitative estimate of drug-likeness (QED) is 0.433. The summed E-state index contributed by atoms with van der Waals surface area (Å²) in [6, 6.07) is 20.7. The van der Waals surface area contributed by atoms with Crippen LogP contribution in [0.3, 0.4) is 0 Å². The number of hydrogen-bond acceptors (Lipinski definition) is 5. The van der Waals surface area contributed by atoms with Gasteiger partial charge in [0, 0.05) is 9.86 Å². The average Bonchev–Trinajstić information content (AvgIpc) is 2.76. The molecule has 0 saturated carbocycles. The van der Waals surface area contributed by atoms with Gasteiger partial charge in [0.05, 0.1) is 17.7 Å². The number of para-hydroxylation sites is 2. The number of hydrogen-bond donors (Lipinski definition) is 2. The van der Waals surface area contributed by atoms with Crippen LogP contribution in [-0.4, -0.2) is 23.9 Å². The number of nitrogens with one attached hydrogen (secondary N) is 1. The molecular weight excluding hydrogens is 494 g/mol. The van der Waals surface area contributed by atoms with Crippen LogP contribution in [0.4, 0.5) is 5.69 Å². The van der Waals surface area contributed by atoms with Crippen molar-refractivity contribution < 1.29 is 13.5 Å². The van der Waals surface area contributed by atoms with E-state index in [1.54, 1.807) is 42.5 Å². The predicted octanol–water partition coefficient (Wildman–Crippen LogP) is 4.08. The molecule has 2 N–H and O–H groups in total. The maximum absolute atomic E-state index is 13.6. The number of aromatic nitrogens is 1. The molecule has 7 nitrogen and oxygen atoms in total. The maximum Gasteiger partial charge on any atom is 0.286 e. The normalized spacial score (nSPS) is 14.5. The number of sulfonamides is 1. The standard InChI is InChI=1S/C23H16BrN3O4S/c24-15-7-5-6-14(12-15)13-27-18-10-3-1-8-16(18)21(28)20(23(27)29)22-25-17-9-2-4-11-19(17)32(30,31)26-22/h1-12,28H,13H2,(H,25,26). The SMILES string of the molecule is O=c1c(C2=NS(=O)(=O)c3ccccc3N2)c(O)c2ccccc2n1Cc1cccc(Br)c1. The summed E-state index contributed by atoms with van der Waals surface area (Å²) >= 11 is 3.44. The molecule has 0 spiro atoms. The third-order valence-corrected chi connectivity index (χ3v) is 7.07. The van der Waals surface area contributed by atoms with Gasteiger partial charge in [0.15, 0.2) is 5.84 Å². The van der Waals surface area contributed by atoms with Gasteiger partial charge in [0.25, 0.3) is 15.6 Å². The number of aromatic hydroxyl groups is 1. The van der Waals surface area contributed by atoms with Crippen LogP contribution in [0.1, 0.15) is 11.1 Å². The summed E-state index contributed by atoms with van der Waals surface area (Å²) in [6.07, 6.45) is 0. The molecule has 1 aromatic heterocycles. The third kappa shape index (κ3) is 3.39. The first-order valence-corrected chi connectivity index (χ1v) is 11.9. The molecule has 0 aliphatic carbocycles. The van der Waals surface area contributed by atoms with Crippen molar-refractivity contribution in [2.75, 3.05) is 5.32 Å². The Morgan fingerprint density at radius 2 is 1.75 bits per heavy atom. The molecule has 1 aliphatic rings. The number of nitrogens with zero attached hydrogens (tertiary/aromatic N) is 2. The number of amidine groups is 1. The van der Waals surface area contributed by atoms with E-state index in [1.807, 2.05) is 24.3 Å². The van der Waals surface area contributed by atoms with Gasteiger partial charge in [0.2, 0.25) is 0 Å². The van der Waals surface area contributed by atoms with E-state index in [2.05, 4.69) is 25.6 Å². The largest absolute Gasteiger partial charge is 0.506 e. The topological polar surface area (TPSA) is 101 Å². The van der Waals surface area contributed by atoms with E-state index in [4.69, 9.17) is 0 Å². The maximum atomic E-state index is 13.6. The Hall–Kier alpha value is -3.43. The second-order valence-corrected chi connectivity index (χ2v) is 9.79. The minimum Gasteiger partial charge on any atom is -0.506 e. The molecule has 1 aliphatic heterocycles. The molecule has 0 bridgehead atoms. The molecule has 0 saturated heterocycles. The van der Waals surface area contributed by atoms with Crippen molar-refractivity contribution in [2.24, 2.45) is 4.40 Å². The molecular formula is C23H16BrN3O4S. The fourth-order valence-electron chi connectivity index (χ4n) is 3.80. The molecule has 3 aromatic carbocycles. The Morgan fingerprint density at radius 3 is 2.56 bits per heavy atom. The van der Waals surface area contributed by atoms with E-state index in [9.17, 15) is 18.3 Å². The number of rotatable bonds is 3. The Kier molecular flexibility index (Phi) is 4.87. The lowest BCUT2D eigenvalue weighted by atomic mass is 10.1. The van der Waals surface area contributed by atoms with Crippen molar-refractivity contribution in [1.82, 2.24) is 4.57 Å². The summed E-state index contributed by atoms with van der Waals surface area (Å²) < 4.78 is 31.7. The lowest BCUT2D eigenvalue weighted by Gasteiger charge is -2.20. The molecule has 5 rings (SSSR count). The van der Waals surface area contributed by atoms with E-state index < -0.39 is 15.6 Å². The Morgan fingerprint density at radius 1 is 1.00 bits per heavy atom. The smallest absolute Gasteiger partial charge is 0.286 e. The van der Waals surface area contributed by atoms with E-state index in [1.165, 1.54) is 10.6 Å². The van der Waals surface area contributed by atoms with Gasteiger partial charge >= 0.3 is 0 Å². The van der Waals surface area contributed by atoms with Crippen molar-refractivity contribution >= 4 is 48.4 Å². The summed E-state index contributed by atoms with van der Waals surface area (Å²) in [7, 11) is -4.04. The second-order valence-electron chi connectivity index (χ2n) is 7.30. The molecule has 32 heavy (non-hydrogen) atoms. The van der Waals surface area contributed by atoms with Crippen LogP contribution in [0, 0.1) is 0 Å². The van der Waals surface area contributed by atoms with Crippen molar-refractivity contribution in [3.05, 3.63) is 98.7 Å². The average molecular weight is 510 g/mol. The minimum atomic E-state index is -4.04. The number of halogens is 1. The molecule has 0 unspecified atom stereocenters. The van der Waals surface area contributed by atoms with Gasteiger partial charge in [0.1, 0.15) is 16.2 Å². The van der Waals surface area contributed by atoms with E-state index >= 15 is 0 Å². The molecule has 160 valence electrons. The van der Waals surface area contributed by atoms with E-state index in [0.29, 0.717) is 16.6 Å². The number of benzene rings is 3. The van der Waals surface area contributed by atoms with Gasteiger partial charge in [-0.1, -0.05) is 52.3 Å². The predicted molar refractivity (Wildman–Crippen MR) is 127 cm³/mol. The van der Waals surface area contributed by atoms with Gasteiger partial charge in [-0.25, -0.2) is 0 Å². The van der Waals surface area contributed by atoms with Crippen LogP contribution < -0.4 is 10.9 Å². The first-order valence-electron chi connectivity index (χ1n) is 9.65. The Labute approximate surface area is 191 Å². The van der Waals surface area contributed by atoms with Crippen molar-refractivity contribution in [3.8, 4) is 5.75 Å². The van der Waals surface area contributed by atoms with Gasteiger partial charge in [-0.2, -0.15) is 8.42 Å². The first kappa shape index (κ1) is 20.5. The molecule has 0 fully saturated rings. The first-order chi connectivity index (χ1) is 15.3. The van der Waals surface area contributed by atoms with Gasteiger partial charge in [-0.05, 0) is 42.0 Å². The van der Waals surface area contributed by atoms with Gasteiger partial charge in [-0.15, -0.1) is 4.40 Å². The van der Waals surface area contributed by atoms with Crippen LogP contribution in [0.15, 0.2) is 91.4 Å². The highest BCUT2D eigenvalue weighted by atomic mass is 79.9. The highest BCUT2D eigenvalue weighted by Crippen LogP contribution is 2.32. The van der Waals surface area contributed by atoms with Gasteiger partial charge < -0.3 is 15.0 Å². The molecule has 2 heterocycles. The molecule has 0 atom stereocenters. The van der Waals surface area contributed by atoms with E-state index in [-0.39, 0.29) is 28.6 Å². The summed E-state index contributed by atoms with van der Waals surface area (Å²) in [6.45, 7) is 0.225. The Balaban J connectivity index is 1.77. The highest BCUT2D eigenvalue weighted by molar-refractivity contribution is 9.10. The minimum absolute atomic E-state index is 0.0125. The zero-order valence-corrected chi connectivity index (χ0v) is 18.9. The second kappa shape index (κ2) is 7.61. The fraction of sp³-hybridized carbons (Fsp3) is 0.0435. The molecule has 4 aromatic rings. The number of pyridine rings is 1. The summed E-state index contributed by atoms with van der Waals surface area (Å²) in [5.74, 6) is -0.531. The van der Waals surface area contributed by atoms with E-state index in [0.717, 1.165) is 10.0 Å². The summed E-state index contributed by atoms with van der Waals surface area (Å²) in [4.78, 5) is 13.6. The fourth-order valence-corrected chi connectivity index (χ4v) is 5.37. The molecule has 0 amide bonds. The van der Waals surface area contributed by atoms with Crippen LogP contribution in [0.25, 0.3) is 10.9 Å². The van der Waals surface area contributed by atoms with Crippen molar-refractivity contribution in [1.29, 1.82) is 0 Å². The van der Waals surface area contributed by atoms with Crippen LogP contribution >= 0.6 is 15.9 Å². The van der Waals surface area contributed by atoms with Crippen molar-refractivity contribution in [2.45, 2.75) is 11.4 Å². The zero-order chi connectivity index (χ0) is 22.5. The van der Waals surface area contributed by atoms with Crippen LogP contribution in [0.2, 0.25) is 0 Å². The highest BCUT2D eigenvalue weighted by Gasteiger charge is 2.29. The van der Waals surface area contributed by atoms with Crippen LogP contribution in [-0.2, 0) is 16.6 Å². The lowest BCUT2D eigenvalue weighted by molar-refractivity contribution is 0.478. The van der Waals surface area contributed by atoms with Gasteiger partial charge in [-0.3, -0.25) is 4.79 Å². The zero-order valence-electron chi connectivity index (χ0n) is 16.5. The molecule has 9 heteroatoms. The van der Waals surface area contributed by atoms with Crippen LogP contribution in [0.5, 0.6) is 5.75 Å².